The van der Waals surface area contributed by atoms with Gasteiger partial charge in [0.1, 0.15) is 23.0 Å². The molecule has 4 saturated carbocycles. The van der Waals surface area contributed by atoms with Crippen LogP contribution < -0.4 is 38.5 Å². The SMILES string of the molecule is CCCCCC1CCC(C2CCC(C(=O)Oc3ccc(N4CCN(c5cc6c7c(c8c(c6cc5N5CCN(c6ccc(OC(=O)C9CCC(C%10CCC(CCCCC)CC%10)CC9)cc6)CC5)-c5ccccc5C8(O)C(F)(F)F)C=CC(c5ccc(C)cc5)(c5ccc(OC)cc5)O7)CC4)cc3)CC2)CC1. The summed E-state index contributed by atoms with van der Waals surface area (Å²) in [5, 5.41) is 14.0. The molecule has 1 N–H and O–H groups in total. The molecule has 14 heteroatoms. The molecule has 3 heterocycles. The molecule has 2 saturated heterocycles. The first-order chi connectivity index (χ1) is 51.1. The van der Waals surface area contributed by atoms with Gasteiger partial charge in [-0.25, -0.2) is 0 Å². The van der Waals surface area contributed by atoms with Gasteiger partial charge in [0, 0.05) is 96.9 Å². The highest BCUT2D eigenvalue weighted by Gasteiger charge is 2.63. The molecule has 7 aromatic carbocycles. The molecular formula is C91H109F3N4O7. The molecule has 0 aromatic heterocycles. The summed E-state index contributed by atoms with van der Waals surface area (Å²) in [6.07, 6.45) is 28.1. The van der Waals surface area contributed by atoms with E-state index in [1.54, 1.807) is 31.4 Å². The molecule has 5 aliphatic carbocycles. The molecule has 0 bridgehead atoms. The minimum atomic E-state index is -5.12. The van der Waals surface area contributed by atoms with Gasteiger partial charge in [-0.05, 0) is 215 Å². The largest absolute Gasteiger partial charge is 0.497 e. The number of esters is 2. The Balaban J connectivity index is 0.694. The zero-order valence-corrected chi connectivity index (χ0v) is 62.4. The number of carbonyl (C=O) groups excluding carboxylic acids is 2. The Labute approximate surface area is 620 Å². The second-order valence-electron chi connectivity index (χ2n) is 32.5. The molecule has 556 valence electrons. The molecule has 2 unspecified atom stereocenters. The van der Waals surface area contributed by atoms with Crippen molar-refractivity contribution in [2.45, 2.75) is 192 Å². The predicted molar refractivity (Wildman–Crippen MR) is 416 cm³/mol. The predicted octanol–water partition coefficient (Wildman–Crippen LogP) is 21.1. The average molecular weight is 1430 g/mol. The van der Waals surface area contributed by atoms with Crippen molar-refractivity contribution in [2.75, 3.05) is 79.1 Å². The minimum absolute atomic E-state index is 0.0729. The van der Waals surface area contributed by atoms with Gasteiger partial charge < -0.3 is 43.7 Å². The van der Waals surface area contributed by atoms with Gasteiger partial charge in [-0.1, -0.05) is 163 Å². The second-order valence-corrected chi connectivity index (χ2v) is 32.5. The maximum absolute atomic E-state index is 16.4. The maximum atomic E-state index is 16.4. The highest BCUT2D eigenvalue weighted by molar-refractivity contribution is 6.11. The first-order valence-electron chi connectivity index (χ1n) is 40.4. The van der Waals surface area contributed by atoms with Crippen LogP contribution in [0.1, 0.15) is 201 Å². The van der Waals surface area contributed by atoms with Gasteiger partial charge in [0.05, 0.1) is 30.3 Å². The van der Waals surface area contributed by atoms with Crippen molar-refractivity contribution in [3.63, 3.8) is 0 Å². The molecule has 15 rings (SSSR count). The van der Waals surface area contributed by atoms with E-state index in [1.165, 1.54) is 109 Å². The van der Waals surface area contributed by atoms with Crippen molar-refractivity contribution in [1.29, 1.82) is 0 Å². The van der Waals surface area contributed by atoms with E-state index < -0.39 is 17.4 Å². The molecule has 6 fully saturated rings. The lowest BCUT2D eigenvalue weighted by Gasteiger charge is -2.42. The molecule has 7 aromatic rings. The van der Waals surface area contributed by atoms with Crippen LogP contribution in [-0.2, 0) is 20.8 Å². The van der Waals surface area contributed by atoms with Gasteiger partial charge in [-0.3, -0.25) is 9.59 Å². The zero-order valence-electron chi connectivity index (χ0n) is 62.4. The van der Waals surface area contributed by atoms with Gasteiger partial charge in [0.15, 0.2) is 5.60 Å². The number of alkyl halides is 3. The van der Waals surface area contributed by atoms with Crippen molar-refractivity contribution in [3.05, 3.63) is 173 Å². The van der Waals surface area contributed by atoms with E-state index in [0.29, 0.717) is 91.5 Å². The lowest BCUT2D eigenvalue weighted by Crippen LogP contribution is -2.49. The Bertz CT molecular complexity index is 4170. The summed E-state index contributed by atoms with van der Waals surface area (Å²) < 4.78 is 74.6. The number of hydrogen-bond acceptors (Lipinski definition) is 11. The average Bonchev–Trinajstić information content (AvgIpc) is 1.64. The standard InChI is InChI=1S/C91H109F3N4O7/c1-5-7-9-13-62-19-23-64(24-20-62)66-27-31-68(32-28-66)87(99)103-75-45-39-72(40-46-75)95-51-55-97(56-52-95)82-59-79-80(60-83(82)98-57-53-96(54-58-98)73-41-47-76(48-42-73)104-88(100)69-33-29-67(30-34-69)65-25-21-63(22-26-65)14-10-8-6-2)86-78(85-84(79)77-15-11-12-16-81(77)90(85,101)91(92,93)94)49-50-89(105-86,70-35-17-61(3)18-36-70)71-37-43-74(102-4)44-38-71/h11-12,15-18,35-50,59-60,62-69,101H,5-10,13-14,19-34,51-58H2,1-4H3. The number of fused-ring (bicyclic) bond motifs is 8. The van der Waals surface area contributed by atoms with Gasteiger partial charge in [0.2, 0.25) is 5.60 Å². The number of hydrogen-bond donors (Lipinski definition) is 1. The van der Waals surface area contributed by atoms with Crippen LogP contribution in [0, 0.1) is 54.3 Å². The monoisotopic (exact) mass is 1430 g/mol. The Morgan fingerprint density at radius 2 is 0.933 bits per heavy atom. The number of carbonyl (C=O) groups is 2. The molecule has 11 nitrogen and oxygen atoms in total. The number of halogens is 3. The fourth-order valence-corrected chi connectivity index (χ4v) is 20.1. The Kier molecular flexibility index (Phi) is 21.7. The van der Waals surface area contributed by atoms with E-state index in [4.69, 9.17) is 18.9 Å². The first kappa shape index (κ1) is 72.6. The number of aliphatic hydroxyl groups is 1. The number of nitrogens with zero attached hydrogens (tertiary/aromatic N) is 4. The van der Waals surface area contributed by atoms with Gasteiger partial charge in [0.25, 0.3) is 0 Å². The third kappa shape index (κ3) is 14.9. The number of methoxy groups -OCH3 is 1. The van der Waals surface area contributed by atoms with E-state index >= 15 is 13.2 Å². The van der Waals surface area contributed by atoms with Crippen molar-refractivity contribution in [3.8, 4) is 34.1 Å². The molecule has 0 amide bonds. The van der Waals surface area contributed by atoms with Crippen LogP contribution in [0.15, 0.2) is 140 Å². The maximum Gasteiger partial charge on any atom is 0.425 e. The summed E-state index contributed by atoms with van der Waals surface area (Å²) in [6, 6.07) is 42.2. The van der Waals surface area contributed by atoms with E-state index in [0.717, 1.165) is 126 Å². The van der Waals surface area contributed by atoms with Crippen LogP contribution in [0.2, 0.25) is 0 Å². The third-order valence-electron chi connectivity index (χ3n) is 26.3. The Hall–Kier alpha value is -7.97. The summed E-state index contributed by atoms with van der Waals surface area (Å²) in [4.78, 5) is 37.0. The number of unbranched alkanes of at least 4 members (excludes halogenated alkanes) is 4. The molecule has 3 aliphatic heterocycles. The summed E-state index contributed by atoms with van der Waals surface area (Å²) in [5.41, 5.74) is 2.09. The van der Waals surface area contributed by atoms with Crippen LogP contribution in [0.3, 0.4) is 0 Å². The van der Waals surface area contributed by atoms with Crippen LogP contribution in [0.4, 0.5) is 35.9 Å². The minimum Gasteiger partial charge on any atom is -0.497 e. The van der Waals surface area contributed by atoms with E-state index in [9.17, 15) is 14.7 Å². The van der Waals surface area contributed by atoms with Crippen molar-refractivity contribution >= 4 is 51.5 Å². The fraction of sp³-hybridized carbons (Fsp3) is 0.516. The van der Waals surface area contributed by atoms with Gasteiger partial charge in [-0.2, -0.15) is 13.2 Å². The van der Waals surface area contributed by atoms with Crippen LogP contribution in [0.25, 0.3) is 28.0 Å². The highest BCUT2D eigenvalue weighted by atomic mass is 19.4. The summed E-state index contributed by atoms with van der Waals surface area (Å²) in [5.74, 6) is 6.46. The summed E-state index contributed by atoms with van der Waals surface area (Å²) >= 11 is 0. The van der Waals surface area contributed by atoms with Crippen molar-refractivity contribution in [1.82, 2.24) is 0 Å². The molecule has 8 aliphatic rings. The number of aryl methyl sites for hydroxylation is 1. The lowest BCUT2D eigenvalue weighted by atomic mass is 9.68. The number of ether oxygens (including phenoxy) is 4. The van der Waals surface area contributed by atoms with Gasteiger partial charge in [-0.15, -0.1) is 0 Å². The van der Waals surface area contributed by atoms with E-state index in [1.807, 2.05) is 97.9 Å². The van der Waals surface area contributed by atoms with Crippen LogP contribution in [-0.4, -0.2) is 82.7 Å². The number of rotatable bonds is 21. The van der Waals surface area contributed by atoms with Crippen molar-refractivity contribution in [2.24, 2.45) is 47.3 Å². The highest BCUT2D eigenvalue weighted by Crippen LogP contribution is 2.63. The van der Waals surface area contributed by atoms with Gasteiger partial charge >= 0.3 is 18.1 Å². The Morgan fingerprint density at radius 3 is 1.38 bits per heavy atom. The second kappa shape index (κ2) is 31.5. The lowest BCUT2D eigenvalue weighted by molar-refractivity contribution is -0.246. The molecule has 105 heavy (non-hydrogen) atoms. The summed E-state index contributed by atoms with van der Waals surface area (Å²) in [7, 11) is 1.61. The Morgan fingerprint density at radius 1 is 0.514 bits per heavy atom. The zero-order chi connectivity index (χ0) is 72.4. The van der Waals surface area contributed by atoms with E-state index in [-0.39, 0.29) is 46.2 Å². The molecule has 0 spiro atoms. The smallest absolute Gasteiger partial charge is 0.425 e. The van der Waals surface area contributed by atoms with Crippen molar-refractivity contribution < 1.29 is 46.8 Å². The quantitative estimate of drug-likeness (QED) is 0.0423. The molecule has 2 atom stereocenters. The topological polar surface area (TPSA) is 104 Å². The summed E-state index contributed by atoms with van der Waals surface area (Å²) in [6.45, 7) is 11.7. The number of anilines is 4. The molecular weight excluding hydrogens is 1320 g/mol. The third-order valence-corrected chi connectivity index (χ3v) is 26.3. The number of benzene rings is 7. The molecule has 0 radical (unpaired) electrons. The first-order valence-corrected chi connectivity index (χ1v) is 40.4. The van der Waals surface area contributed by atoms with Crippen LogP contribution >= 0.6 is 0 Å². The van der Waals surface area contributed by atoms with Crippen LogP contribution in [0.5, 0.6) is 23.0 Å². The fourth-order valence-electron chi connectivity index (χ4n) is 20.1. The normalized spacial score (nSPS) is 26.2. The number of piperazine rings is 2. The van der Waals surface area contributed by atoms with E-state index in [2.05, 4.69) is 57.7 Å².